The van der Waals surface area contributed by atoms with Crippen molar-refractivity contribution in [3.63, 3.8) is 0 Å². The lowest BCUT2D eigenvalue weighted by Gasteiger charge is -2.29. The molecule has 0 bridgehead atoms. The van der Waals surface area contributed by atoms with Gasteiger partial charge >= 0.3 is 5.97 Å². The van der Waals surface area contributed by atoms with E-state index in [1.165, 1.54) is 17.7 Å². The molecule has 0 aromatic heterocycles. The lowest BCUT2D eigenvalue weighted by Crippen LogP contribution is -2.41. The summed E-state index contributed by atoms with van der Waals surface area (Å²) in [6.07, 6.45) is 6.98. The standard InChI is InChI=1S/C10H15NO3.C3H8.C2H7N/c12-6-11-8-4-2-1-3-7(8)5-9(11)10(13)14;1-3-2;1-2-3/h6-9H,1-5H2,(H,13,14);3H2,1-2H3;2-3H2,1H3/t7-,8-,9-;;/m0../s1. The summed E-state index contributed by atoms with van der Waals surface area (Å²) in [5.74, 6) is -0.429. The van der Waals surface area contributed by atoms with Crippen molar-refractivity contribution in [1.29, 1.82) is 0 Å². The van der Waals surface area contributed by atoms with Crippen LogP contribution in [0.3, 0.4) is 0 Å². The number of carboxylic acids is 1. The normalized spacial score (nSPS) is 27.4. The van der Waals surface area contributed by atoms with Crippen molar-refractivity contribution < 1.29 is 14.7 Å². The number of carbonyl (C=O) groups excluding carboxylic acids is 1. The van der Waals surface area contributed by atoms with Crippen LogP contribution in [0.4, 0.5) is 0 Å². The van der Waals surface area contributed by atoms with E-state index in [1.807, 2.05) is 6.92 Å². The highest BCUT2D eigenvalue weighted by Crippen LogP contribution is 2.38. The first-order valence-corrected chi connectivity index (χ1v) is 7.72. The molecular formula is C15H30N2O3. The molecule has 1 aliphatic heterocycles. The molecule has 0 aromatic carbocycles. The third-order valence-corrected chi connectivity index (χ3v) is 3.54. The Morgan fingerprint density at radius 2 is 1.80 bits per heavy atom. The van der Waals surface area contributed by atoms with E-state index in [-0.39, 0.29) is 6.04 Å². The van der Waals surface area contributed by atoms with E-state index in [9.17, 15) is 9.59 Å². The monoisotopic (exact) mass is 286 g/mol. The third kappa shape index (κ3) is 5.49. The molecule has 2 fully saturated rings. The topological polar surface area (TPSA) is 83.6 Å². The highest BCUT2D eigenvalue weighted by molar-refractivity contribution is 5.77. The van der Waals surface area contributed by atoms with Crippen LogP contribution in [0.1, 0.15) is 59.3 Å². The van der Waals surface area contributed by atoms with Gasteiger partial charge in [0.2, 0.25) is 6.41 Å². The number of nitrogens with zero attached hydrogens (tertiary/aromatic N) is 1. The van der Waals surface area contributed by atoms with Gasteiger partial charge in [0.25, 0.3) is 0 Å². The first-order valence-electron chi connectivity index (χ1n) is 7.72. The molecule has 1 amide bonds. The van der Waals surface area contributed by atoms with Crippen molar-refractivity contribution in [3.05, 3.63) is 0 Å². The van der Waals surface area contributed by atoms with Crippen LogP contribution in [0.5, 0.6) is 0 Å². The molecule has 5 heteroatoms. The molecule has 0 spiro atoms. The van der Waals surface area contributed by atoms with Crippen molar-refractivity contribution in [2.45, 2.75) is 71.4 Å². The summed E-state index contributed by atoms with van der Waals surface area (Å²) in [6.45, 7) is 6.90. The van der Waals surface area contributed by atoms with E-state index < -0.39 is 12.0 Å². The van der Waals surface area contributed by atoms with Crippen LogP contribution in [0.15, 0.2) is 0 Å². The Kier molecular flexibility index (Phi) is 10.1. The Morgan fingerprint density at radius 1 is 1.30 bits per heavy atom. The molecule has 1 saturated carbocycles. The van der Waals surface area contributed by atoms with Crippen molar-refractivity contribution in [2.24, 2.45) is 11.7 Å². The van der Waals surface area contributed by atoms with Crippen molar-refractivity contribution in [2.75, 3.05) is 6.54 Å². The molecular weight excluding hydrogens is 256 g/mol. The van der Waals surface area contributed by atoms with Gasteiger partial charge in [-0.05, 0) is 31.7 Å². The maximum absolute atomic E-state index is 10.9. The molecule has 118 valence electrons. The zero-order chi connectivity index (χ0) is 15.5. The summed E-state index contributed by atoms with van der Waals surface area (Å²) in [6, 6.07) is -0.372. The molecule has 1 aliphatic carbocycles. The number of hydrogen-bond acceptors (Lipinski definition) is 3. The Balaban J connectivity index is 0.000000520. The van der Waals surface area contributed by atoms with Gasteiger partial charge in [0.1, 0.15) is 6.04 Å². The molecule has 1 saturated heterocycles. The van der Waals surface area contributed by atoms with E-state index in [1.54, 1.807) is 0 Å². The second-order valence-corrected chi connectivity index (χ2v) is 5.37. The first-order chi connectivity index (χ1) is 9.56. The zero-order valence-corrected chi connectivity index (χ0v) is 13.0. The van der Waals surface area contributed by atoms with Crippen LogP contribution >= 0.6 is 0 Å². The molecule has 2 aliphatic rings. The molecule has 1 heterocycles. The minimum atomic E-state index is -0.855. The molecule has 0 unspecified atom stereocenters. The summed E-state index contributed by atoms with van der Waals surface area (Å²) >= 11 is 0. The van der Waals surface area contributed by atoms with Crippen LogP contribution < -0.4 is 5.73 Å². The van der Waals surface area contributed by atoms with Crippen LogP contribution in [-0.4, -0.2) is 41.0 Å². The highest BCUT2D eigenvalue weighted by Gasteiger charge is 2.44. The highest BCUT2D eigenvalue weighted by atomic mass is 16.4. The maximum Gasteiger partial charge on any atom is 0.326 e. The lowest BCUT2D eigenvalue weighted by molar-refractivity contribution is -0.145. The number of rotatable bonds is 2. The number of aliphatic carboxylic acids is 1. The van der Waals surface area contributed by atoms with Gasteiger partial charge < -0.3 is 15.7 Å². The van der Waals surface area contributed by atoms with Gasteiger partial charge in [-0.2, -0.15) is 0 Å². The number of hydrogen-bond donors (Lipinski definition) is 2. The number of carbonyl (C=O) groups is 2. The summed E-state index contributed by atoms with van der Waals surface area (Å²) in [5.41, 5.74) is 4.85. The van der Waals surface area contributed by atoms with Crippen molar-refractivity contribution in [3.8, 4) is 0 Å². The SMILES string of the molecule is CCC.CCN.O=CN1[C@H](C(=O)O)C[C@@H]2CCCC[C@@H]21. The molecule has 2 rings (SSSR count). The maximum atomic E-state index is 10.9. The van der Waals surface area contributed by atoms with Gasteiger partial charge in [0.15, 0.2) is 0 Å². The summed E-state index contributed by atoms with van der Waals surface area (Å²) in [7, 11) is 0. The Labute approximate surface area is 122 Å². The van der Waals surface area contributed by atoms with Gasteiger partial charge in [-0.25, -0.2) is 4.79 Å². The summed E-state index contributed by atoms with van der Waals surface area (Å²) in [4.78, 5) is 23.3. The van der Waals surface area contributed by atoms with Gasteiger partial charge in [-0.3, -0.25) is 4.79 Å². The van der Waals surface area contributed by atoms with Gasteiger partial charge in [0.05, 0.1) is 0 Å². The van der Waals surface area contributed by atoms with Gasteiger partial charge in [0, 0.05) is 6.04 Å². The van der Waals surface area contributed by atoms with Gasteiger partial charge in [-0.15, -0.1) is 0 Å². The summed E-state index contributed by atoms with van der Waals surface area (Å²) in [5, 5.41) is 8.96. The summed E-state index contributed by atoms with van der Waals surface area (Å²) < 4.78 is 0. The predicted molar refractivity (Wildman–Crippen MR) is 80.4 cm³/mol. The predicted octanol–water partition coefficient (Wildman–Crippen LogP) is 2.24. The zero-order valence-electron chi connectivity index (χ0n) is 13.0. The first kappa shape index (κ1) is 18.9. The van der Waals surface area contributed by atoms with E-state index in [0.717, 1.165) is 32.2 Å². The van der Waals surface area contributed by atoms with Crippen LogP contribution in [0, 0.1) is 5.92 Å². The van der Waals surface area contributed by atoms with Crippen LogP contribution in [0.2, 0.25) is 0 Å². The van der Waals surface area contributed by atoms with E-state index in [0.29, 0.717) is 12.3 Å². The number of fused-ring (bicyclic) bond motifs is 1. The van der Waals surface area contributed by atoms with Gasteiger partial charge in [-0.1, -0.05) is 40.0 Å². The molecule has 3 N–H and O–H groups in total. The van der Waals surface area contributed by atoms with E-state index in [4.69, 9.17) is 10.8 Å². The van der Waals surface area contributed by atoms with E-state index in [2.05, 4.69) is 13.8 Å². The Morgan fingerprint density at radius 3 is 2.25 bits per heavy atom. The smallest absolute Gasteiger partial charge is 0.326 e. The number of nitrogens with two attached hydrogens (primary N) is 1. The molecule has 3 atom stereocenters. The number of likely N-dealkylation sites (tertiary alicyclic amines) is 1. The fourth-order valence-corrected chi connectivity index (χ4v) is 2.88. The fourth-order valence-electron chi connectivity index (χ4n) is 2.88. The molecule has 0 aromatic rings. The Bertz CT molecular complexity index is 282. The van der Waals surface area contributed by atoms with Crippen LogP contribution in [-0.2, 0) is 9.59 Å². The minimum absolute atomic E-state index is 0.197. The largest absolute Gasteiger partial charge is 0.480 e. The molecule has 5 nitrogen and oxygen atoms in total. The minimum Gasteiger partial charge on any atom is -0.480 e. The van der Waals surface area contributed by atoms with Crippen LogP contribution in [0.25, 0.3) is 0 Å². The van der Waals surface area contributed by atoms with E-state index >= 15 is 0 Å². The second-order valence-electron chi connectivity index (χ2n) is 5.37. The fraction of sp³-hybridized carbons (Fsp3) is 0.867. The Hall–Kier alpha value is -1.10. The molecule has 20 heavy (non-hydrogen) atoms. The molecule has 0 radical (unpaired) electrons. The number of amides is 1. The lowest BCUT2D eigenvalue weighted by atomic mass is 9.85. The van der Waals surface area contributed by atoms with Crippen molar-refractivity contribution in [1.82, 2.24) is 4.90 Å². The average Bonchev–Trinajstić information content (AvgIpc) is 2.79. The second kappa shape index (κ2) is 10.7. The van der Waals surface area contributed by atoms with Crippen molar-refractivity contribution >= 4 is 12.4 Å². The average molecular weight is 286 g/mol. The third-order valence-electron chi connectivity index (χ3n) is 3.54. The number of carboxylic acid groups (broad SMARTS) is 1. The quantitative estimate of drug-likeness (QED) is 0.763.